The number of carbonyl (C=O) groups is 2. The van der Waals surface area contributed by atoms with E-state index in [1.807, 2.05) is 19.1 Å². The molecule has 0 saturated carbocycles. The minimum absolute atomic E-state index is 0.00522. The monoisotopic (exact) mass is 377 g/mol. The van der Waals surface area contributed by atoms with Gasteiger partial charge in [0.1, 0.15) is 11.3 Å². The molecule has 0 aliphatic heterocycles. The third-order valence-corrected chi connectivity index (χ3v) is 3.64. The average molecular weight is 378 g/mol. The van der Waals surface area contributed by atoms with Crippen molar-refractivity contribution in [1.82, 2.24) is 0 Å². The first-order chi connectivity index (χ1) is 10.9. The van der Waals surface area contributed by atoms with Crippen molar-refractivity contribution in [2.24, 2.45) is 0 Å². The van der Waals surface area contributed by atoms with Crippen molar-refractivity contribution >= 4 is 33.5 Å². The number of carbonyl (C=O) groups excluding carboxylic acids is 2. The standard InChI is InChI=1S/C17H16BrNO4/c1-10-3-6-13(7-4-10)19-16(21)11(2)23-17(22)14-9-12(18)5-8-15(14)20/h3-9,11,20H,1-2H3,(H,19,21)/t11-/m0/s1. The summed E-state index contributed by atoms with van der Waals surface area (Å²) in [5.74, 6) is -1.42. The number of ether oxygens (including phenoxy) is 1. The minimum Gasteiger partial charge on any atom is -0.507 e. The van der Waals surface area contributed by atoms with Gasteiger partial charge in [0.2, 0.25) is 0 Å². The normalized spacial score (nSPS) is 11.6. The number of phenolic OH excluding ortho intramolecular Hbond substituents is 1. The summed E-state index contributed by atoms with van der Waals surface area (Å²) in [6.07, 6.45) is -0.998. The van der Waals surface area contributed by atoms with Crippen molar-refractivity contribution < 1.29 is 19.4 Å². The van der Waals surface area contributed by atoms with E-state index in [-0.39, 0.29) is 11.3 Å². The largest absolute Gasteiger partial charge is 0.507 e. The Morgan fingerprint density at radius 2 is 1.83 bits per heavy atom. The summed E-state index contributed by atoms with van der Waals surface area (Å²) in [4.78, 5) is 24.1. The molecule has 2 rings (SSSR count). The Balaban J connectivity index is 2.01. The van der Waals surface area contributed by atoms with E-state index in [4.69, 9.17) is 4.74 Å². The number of rotatable bonds is 4. The summed E-state index contributed by atoms with van der Waals surface area (Å²) in [6, 6.07) is 11.7. The second kappa shape index (κ2) is 7.28. The van der Waals surface area contributed by atoms with Gasteiger partial charge < -0.3 is 15.2 Å². The van der Waals surface area contributed by atoms with Crippen LogP contribution in [0.1, 0.15) is 22.8 Å². The Kier molecular flexibility index (Phi) is 5.39. The first-order valence-corrected chi connectivity index (χ1v) is 7.73. The van der Waals surface area contributed by atoms with E-state index in [9.17, 15) is 14.7 Å². The van der Waals surface area contributed by atoms with Gasteiger partial charge in [0.25, 0.3) is 5.91 Å². The highest BCUT2D eigenvalue weighted by Crippen LogP contribution is 2.23. The molecule has 5 nitrogen and oxygen atoms in total. The number of phenols is 1. The van der Waals surface area contributed by atoms with E-state index in [0.29, 0.717) is 10.2 Å². The first kappa shape index (κ1) is 17.0. The number of benzene rings is 2. The Morgan fingerprint density at radius 3 is 2.48 bits per heavy atom. The summed E-state index contributed by atoms with van der Waals surface area (Å²) in [7, 11) is 0. The van der Waals surface area contributed by atoms with Crippen LogP contribution in [0.2, 0.25) is 0 Å². The van der Waals surface area contributed by atoms with Gasteiger partial charge in [-0.15, -0.1) is 0 Å². The molecule has 2 aromatic rings. The lowest BCUT2D eigenvalue weighted by Gasteiger charge is -2.14. The third kappa shape index (κ3) is 4.56. The van der Waals surface area contributed by atoms with Crippen LogP contribution < -0.4 is 5.32 Å². The molecule has 0 aliphatic carbocycles. The van der Waals surface area contributed by atoms with Crippen LogP contribution >= 0.6 is 15.9 Å². The number of anilines is 1. The van der Waals surface area contributed by atoms with Crippen LogP contribution in [0.3, 0.4) is 0 Å². The van der Waals surface area contributed by atoms with Gasteiger partial charge in [0, 0.05) is 10.2 Å². The van der Waals surface area contributed by atoms with Gasteiger partial charge in [0.05, 0.1) is 0 Å². The average Bonchev–Trinajstić information content (AvgIpc) is 2.51. The summed E-state index contributed by atoms with van der Waals surface area (Å²) in [5, 5.41) is 12.4. The molecule has 0 bridgehead atoms. The third-order valence-electron chi connectivity index (χ3n) is 3.15. The Hall–Kier alpha value is -2.34. The van der Waals surface area contributed by atoms with Crippen LogP contribution in [0.4, 0.5) is 5.69 Å². The van der Waals surface area contributed by atoms with Gasteiger partial charge in [-0.2, -0.15) is 0 Å². The highest BCUT2D eigenvalue weighted by molar-refractivity contribution is 9.10. The minimum atomic E-state index is -0.998. The van der Waals surface area contributed by atoms with Crippen molar-refractivity contribution in [3.8, 4) is 5.75 Å². The van der Waals surface area contributed by atoms with Crippen LogP contribution in [-0.2, 0) is 9.53 Å². The molecule has 0 radical (unpaired) electrons. The van der Waals surface area contributed by atoms with Crippen molar-refractivity contribution in [2.75, 3.05) is 5.32 Å². The summed E-state index contributed by atoms with van der Waals surface area (Å²) >= 11 is 3.21. The number of halogens is 1. The van der Waals surface area contributed by atoms with Crippen molar-refractivity contribution in [1.29, 1.82) is 0 Å². The second-order valence-corrected chi connectivity index (χ2v) is 5.98. The van der Waals surface area contributed by atoms with Gasteiger partial charge in [0.15, 0.2) is 6.10 Å². The summed E-state index contributed by atoms with van der Waals surface area (Å²) < 4.78 is 5.72. The van der Waals surface area contributed by atoms with Crippen LogP contribution in [0.25, 0.3) is 0 Å². The number of aryl methyl sites for hydroxylation is 1. The van der Waals surface area contributed by atoms with Gasteiger partial charge in [-0.25, -0.2) is 4.79 Å². The fraction of sp³-hybridized carbons (Fsp3) is 0.176. The van der Waals surface area contributed by atoms with Crippen molar-refractivity contribution in [2.45, 2.75) is 20.0 Å². The Labute approximate surface area is 142 Å². The highest BCUT2D eigenvalue weighted by Gasteiger charge is 2.21. The molecule has 0 unspecified atom stereocenters. The maximum absolute atomic E-state index is 12.1. The molecule has 6 heteroatoms. The second-order valence-electron chi connectivity index (χ2n) is 5.06. The molecule has 120 valence electrons. The zero-order valence-corrected chi connectivity index (χ0v) is 14.3. The fourth-order valence-electron chi connectivity index (χ4n) is 1.83. The molecule has 0 aliphatic rings. The summed E-state index contributed by atoms with van der Waals surface area (Å²) in [5.41, 5.74) is 1.69. The van der Waals surface area contributed by atoms with Crippen molar-refractivity contribution in [3.63, 3.8) is 0 Å². The number of nitrogens with one attached hydrogen (secondary N) is 1. The van der Waals surface area contributed by atoms with E-state index in [1.54, 1.807) is 18.2 Å². The molecular weight excluding hydrogens is 362 g/mol. The Bertz CT molecular complexity index is 728. The zero-order valence-electron chi connectivity index (χ0n) is 12.7. The van der Waals surface area contributed by atoms with Gasteiger partial charge in [-0.1, -0.05) is 33.6 Å². The van der Waals surface area contributed by atoms with Crippen LogP contribution in [-0.4, -0.2) is 23.1 Å². The SMILES string of the molecule is Cc1ccc(NC(=O)[C@H](C)OC(=O)c2cc(Br)ccc2O)cc1. The van der Waals surface area contributed by atoms with Gasteiger partial charge >= 0.3 is 5.97 Å². The molecule has 0 spiro atoms. The Morgan fingerprint density at radius 1 is 1.17 bits per heavy atom. The number of hydrogen-bond donors (Lipinski definition) is 2. The maximum atomic E-state index is 12.1. The lowest BCUT2D eigenvalue weighted by atomic mass is 10.2. The number of esters is 1. The smallest absolute Gasteiger partial charge is 0.342 e. The van der Waals surface area contributed by atoms with Crippen LogP contribution in [0.15, 0.2) is 46.9 Å². The fourth-order valence-corrected chi connectivity index (χ4v) is 2.19. The predicted octanol–water partition coefficient (Wildman–Crippen LogP) is 3.65. The van der Waals surface area contributed by atoms with Gasteiger partial charge in [-0.05, 0) is 44.2 Å². The van der Waals surface area contributed by atoms with Gasteiger partial charge in [-0.3, -0.25) is 4.79 Å². The lowest BCUT2D eigenvalue weighted by Crippen LogP contribution is -2.30. The van der Waals surface area contributed by atoms with Crippen molar-refractivity contribution in [3.05, 3.63) is 58.1 Å². The highest BCUT2D eigenvalue weighted by atomic mass is 79.9. The molecule has 2 N–H and O–H groups in total. The molecule has 23 heavy (non-hydrogen) atoms. The molecule has 0 fully saturated rings. The van der Waals surface area contributed by atoms with Crippen LogP contribution in [0, 0.1) is 6.92 Å². The van der Waals surface area contributed by atoms with E-state index in [1.165, 1.54) is 19.1 Å². The van der Waals surface area contributed by atoms with E-state index >= 15 is 0 Å². The maximum Gasteiger partial charge on any atom is 0.342 e. The molecule has 2 aromatic carbocycles. The lowest BCUT2D eigenvalue weighted by molar-refractivity contribution is -0.123. The molecule has 0 aromatic heterocycles. The number of hydrogen-bond acceptors (Lipinski definition) is 4. The predicted molar refractivity (Wildman–Crippen MR) is 90.5 cm³/mol. The summed E-state index contributed by atoms with van der Waals surface area (Å²) in [6.45, 7) is 3.41. The molecule has 0 heterocycles. The number of amides is 1. The van der Waals surface area contributed by atoms with E-state index in [0.717, 1.165) is 5.56 Å². The van der Waals surface area contributed by atoms with Crippen LogP contribution in [0.5, 0.6) is 5.75 Å². The molecular formula is C17H16BrNO4. The topological polar surface area (TPSA) is 75.6 Å². The zero-order chi connectivity index (χ0) is 17.0. The molecule has 1 atom stereocenters. The molecule has 1 amide bonds. The molecule has 0 saturated heterocycles. The van der Waals surface area contributed by atoms with E-state index in [2.05, 4.69) is 21.2 Å². The van der Waals surface area contributed by atoms with E-state index < -0.39 is 18.0 Å². The quantitative estimate of drug-likeness (QED) is 0.797. The number of aromatic hydroxyl groups is 1. The first-order valence-electron chi connectivity index (χ1n) is 6.94.